The largest absolute Gasteiger partial charge is 0.508 e. The van der Waals surface area contributed by atoms with E-state index in [4.69, 9.17) is 27.7 Å². The van der Waals surface area contributed by atoms with Crippen molar-refractivity contribution < 1.29 is 72.2 Å². The van der Waals surface area contributed by atoms with E-state index in [-0.39, 0.29) is 93.8 Å². The number of carbonyl (C=O) groups is 13. The molecule has 2 aromatic rings. The molecule has 90 heavy (non-hydrogen) atoms. The van der Waals surface area contributed by atoms with Crippen LogP contribution in [0.2, 0.25) is 0 Å². The number of rotatable bonds is 14. The van der Waals surface area contributed by atoms with Gasteiger partial charge in [-0.15, -0.1) is 0 Å². The Kier molecular flexibility index (Phi) is 31.6. The lowest BCUT2D eigenvalue weighted by molar-refractivity contribution is -0.138. The minimum atomic E-state index is -1.48. The summed E-state index contributed by atoms with van der Waals surface area (Å²) >= 11 is 0. The fourth-order valence-electron chi connectivity index (χ4n) is 9.08. The number of methoxy groups -OCH3 is 1. The van der Waals surface area contributed by atoms with Crippen LogP contribution in [0.15, 0.2) is 42.5 Å². The molecule has 31 nitrogen and oxygen atoms in total. The van der Waals surface area contributed by atoms with Gasteiger partial charge in [-0.25, -0.2) is 0 Å². The number of hydrogen-bond acceptors (Lipinski definition) is 18. The molecule has 1 aliphatic rings. The zero-order chi connectivity index (χ0) is 67.4. The van der Waals surface area contributed by atoms with E-state index >= 15 is 0 Å². The number of nitrogens with one attached hydrogen (secondary N) is 12. The molecular weight excluding hydrogens is 1170 g/mol. The molecule has 0 saturated carbocycles. The second kappa shape index (κ2) is 37.8. The molecule has 3 rings (SSSR count). The Morgan fingerprint density at radius 1 is 0.589 bits per heavy atom. The molecule has 31 heteroatoms. The smallest absolute Gasteiger partial charge is 0.313 e. The summed E-state index contributed by atoms with van der Waals surface area (Å²) in [6.45, 7) is 11.5. The Bertz CT molecular complexity index is 2840. The van der Waals surface area contributed by atoms with Gasteiger partial charge in [0.25, 0.3) is 11.8 Å². The summed E-state index contributed by atoms with van der Waals surface area (Å²) < 4.78 is 5.31. The van der Waals surface area contributed by atoms with Gasteiger partial charge in [0.05, 0.1) is 24.8 Å². The number of phenols is 1. The van der Waals surface area contributed by atoms with Gasteiger partial charge < -0.3 is 85.9 Å². The van der Waals surface area contributed by atoms with Crippen LogP contribution in [0.3, 0.4) is 0 Å². The molecule has 1 aliphatic heterocycles. The van der Waals surface area contributed by atoms with Crippen LogP contribution < -0.4 is 91.7 Å². The molecule has 498 valence electrons. The molecule has 1 heterocycles. The Morgan fingerprint density at radius 2 is 1.12 bits per heavy atom. The first kappa shape index (κ1) is 75.3. The van der Waals surface area contributed by atoms with Gasteiger partial charge >= 0.3 is 11.8 Å². The van der Waals surface area contributed by atoms with Crippen LogP contribution >= 0.6 is 0 Å². The van der Waals surface area contributed by atoms with Crippen molar-refractivity contribution in [3.05, 3.63) is 53.6 Å². The first-order valence-electron chi connectivity index (χ1n) is 30.1. The minimum Gasteiger partial charge on any atom is -0.508 e. The third kappa shape index (κ3) is 24.9. The zero-order valence-electron chi connectivity index (χ0n) is 52.3. The van der Waals surface area contributed by atoms with Crippen LogP contribution in [0.1, 0.15) is 129 Å². The predicted molar refractivity (Wildman–Crippen MR) is 329 cm³/mol. The van der Waals surface area contributed by atoms with Crippen molar-refractivity contribution in [2.45, 2.75) is 173 Å². The van der Waals surface area contributed by atoms with Gasteiger partial charge in [-0.05, 0) is 118 Å². The first-order valence-corrected chi connectivity index (χ1v) is 30.1. The highest BCUT2D eigenvalue weighted by molar-refractivity contribution is 6.40. The Morgan fingerprint density at radius 3 is 1.69 bits per heavy atom. The standard InChI is InChI=1S/C59H92N16O15/c1-9-32(6)47-57(87)72-46(31(4)5)56(86)70-42(28-34-17-20-36(76)21-18-34)52(82)65-27-13-15-39(62)51(81)75-74-49(79)37-29-35(19-23-43(37)90-8)67-58(88)59(89)69-40(16-10-11-25-60)53(83)66-33(7)48(78)64-26-12-14-38(61)50(80)71-45(30(2)3)55(85)68-41(54(84)73-47)22-24-44(63)77/h17-21,23,29-33,38-42,45-47,76H,9-16,22,24-28,60-62H2,1-8H3,(H2,63,77)(H,64,78)(H,65,82)(H,66,83)(H,67,88)(H,68,85)(H,69,89)(H,70,86)(H,71,80)(H,72,87)(H,73,84)(H,74,79)(H,75,81)/t32-,33-,38-,39-,40-,41-,42-,45-,46-,47-/m0/s1. The predicted octanol–water partition coefficient (Wildman–Crippen LogP) is -3.03. The van der Waals surface area contributed by atoms with E-state index in [1.54, 1.807) is 53.7 Å². The number of aromatic hydroxyl groups is 1. The number of amides is 13. The fourth-order valence-corrected chi connectivity index (χ4v) is 9.08. The molecule has 0 aliphatic carbocycles. The quantitative estimate of drug-likeness (QED) is 0.0661. The number of hydrogen-bond donors (Lipinski definition) is 17. The second-order valence-corrected chi connectivity index (χ2v) is 22.8. The van der Waals surface area contributed by atoms with Gasteiger partial charge in [-0.3, -0.25) is 73.2 Å². The summed E-state index contributed by atoms with van der Waals surface area (Å²) in [5.74, 6) is -13.2. The van der Waals surface area contributed by atoms with E-state index in [9.17, 15) is 67.4 Å². The lowest BCUT2D eigenvalue weighted by Gasteiger charge is -2.31. The fraction of sp³-hybridized carbons (Fsp3) is 0.576. The molecule has 0 fully saturated rings. The Labute approximate surface area is 523 Å². The van der Waals surface area contributed by atoms with Gasteiger partial charge in [0.15, 0.2) is 0 Å². The molecule has 2 aromatic carbocycles. The number of unbranched alkanes of at least 4 members (excludes halogenated alkanes) is 1. The lowest BCUT2D eigenvalue weighted by Crippen LogP contribution is -2.61. The maximum Gasteiger partial charge on any atom is 0.313 e. The van der Waals surface area contributed by atoms with E-state index in [0.717, 1.165) is 6.07 Å². The average molecular weight is 1270 g/mol. The van der Waals surface area contributed by atoms with Crippen LogP contribution in [0.25, 0.3) is 0 Å². The van der Waals surface area contributed by atoms with Crippen molar-refractivity contribution in [3.63, 3.8) is 0 Å². The van der Waals surface area contributed by atoms with Crippen molar-refractivity contribution in [2.75, 3.05) is 32.1 Å². The topological polar surface area (TPSA) is 500 Å². The summed E-state index contributed by atoms with van der Waals surface area (Å²) in [6.07, 6.45) is 0.527. The minimum absolute atomic E-state index is 0.00716. The summed E-state index contributed by atoms with van der Waals surface area (Å²) in [5, 5.41) is 35.8. The van der Waals surface area contributed by atoms with E-state index in [1.807, 2.05) is 0 Å². The number of phenolic OH excluding ortho intramolecular Hbond substituents is 1. The van der Waals surface area contributed by atoms with E-state index in [0.29, 0.717) is 24.8 Å². The number of anilines is 1. The van der Waals surface area contributed by atoms with Crippen LogP contribution in [0.5, 0.6) is 11.5 Å². The number of primary amides is 1. The van der Waals surface area contributed by atoms with Gasteiger partial charge in [0.1, 0.15) is 53.8 Å². The molecule has 21 N–H and O–H groups in total. The molecule has 0 radical (unpaired) electrons. The average Bonchev–Trinajstić information content (AvgIpc) is 3.49. The lowest BCUT2D eigenvalue weighted by atomic mass is 9.95. The third-order valence-electron chi connectivity index (χ3n) is 14.8. The monoisotopic (exact) mass is 1260 g/mol. The maximum absolute atomic E-state index is 14.3. The number of benzene rings is 2. The Balaban J connectivity index is 1.99. The summed E-state index contributed by atoms with van der Waals surface area (Å²) in [5.41, 5.74) is 28.2. The van der Waals surface area contributed by atoms with E-state index in [1.165, 1.54) is 38.3 Å². The van der Waals surface area contributed by atoms with E-state index < -0.39 is 149 Å². The van der Waals surface area contributed by atoms with Crippen molar-refractivity contribution >= 4 is 82.5 Å². The highest BCUT2D eigenvalue weighted by atomic mass is 16.5. The molecule has 0 aromatic heterocycles. The van der Waals surface area contributed by atoms with Crippen LogP contribution in [-0.4, -0.2) is 163 Å². The molecule has 10 atom stereocenters. The second-order valence-electron chi connectivity index (χ2n) is 22.8. The normalized spacial score (nSPS) is 24.2. The van der Waals surface area contributed by atoms with Crippen molar-refractivity contribution in [1.82, 2.24) is 58.7 Å². The number of hydrazine groups is 1. The molecule has 13 amide bonds. The van der Waals surface area contributed by atoms with Crippen LogP contribution in [0.4, 0.5) is 5.69 Å². The van der Waals surface area contributed by atoms with Crippen LogP contribution in [-0.2, 0) is 64.0 Å². The van der Waals surface area contributed by atoms with Crippen LogP contribution in [0, 0.1) is 17.8 Å². The van der Waals surface area contributed by atoms with Gasteiger partial charge in [0, 0.05) is 31.6 Å². The van der Waals surface area contributed by atoms with Gasteiger partial charge in [-0.2, -0.15) is 0 Å². The molecule has 0 unspecified atom stereocenters. The van der Waals surface area contributed by atoms with Crippen molar-refractivity contribution in [2.24, 2.45) is 40.7 Å². The molecule has 0 spiro atoms. The van der Waals surface area contributed by atoms with E-state index in [2.05, 4.69) is 64.0 Å². The molecule has 0 saturated heterocycles. The number of ether oxygens (including phenoxy) is 1. The molecule has 2 bridgehead atoms. The summed E-state index contributed by atoms with van der Waals surface area (Å²) in [4.78, 5) is 176. The number of nitrogens with two attached hydrogens (primary N) is 4. The van der Waals surface area contributed by atoms with Crippen molar-refractivity contribution in [3.8, 4) is 11.5 Å². The zero-order valence-corrected chi connectivity index (χ0v) is 52.3. The maximum atomic E-state index is 14.3. The first-order chi connectivity index (χ1) is 42.5. The van der Waals surface area contributed by atoms with Gasteiger partial charge in [-0.1, -0.05) is 60.1 Å². The summed E-state index contributed by atoms with van der Waals surface area (Å²) in [6, 6.07) is -2.00. The van der Waals surface area contributed by atoms with Crippen molar-refractivity contribution in [1.29, 1.82) is 0 Å². The summed E-state index contributed by atoms with van der Waals surface area (Å²) in [7, 11) is 1.26. The number of carbonyl (C=O) groups excluding carboxylic acids is 13. The SMILES string of the molecule is CC[C@H](C)[C@@H]1NC(=O)[C@H](CCC(N)=O)NC(=O)[C@H](C(C)C)NC(=O)[C@@H](N)CCCNC(=O)[C@H](C)NC(=O)[C@H](CCCCN)NC(=O)C(=O)Nc2ccc(OC)c(c2)C(=O)NNC(=O)[C@@H](N)CCCNC(=O)[C@H](Cc2ccc(O)cc2)NC(=O)[C@H](C(C)C)NC1=O. The highest BCUT2D eigenvalue weighted by Gasteiger charge is 2.37. The number of fused-ring (bicyclic) bond motifs is 2. The Hall–Kier alpha value is -8.97. The van der Waals surface area contributed by atoms with Gasteiger partial charge in [0.2, 0.25) is 53.2 Å². The highest BCUT2D eigenvalue weighted by Crippen LogP contribution is 2.23. The third-order valence-corrected chi connectivity index (χ3v) is 14.8. The molecular formula is C59H92N16O15.